The number of hydrogen-bond acceptors (Lipinski definition) is 5. The van der Waals surface area contributed by atoms with Crippen LogP contribution in [0.5, 0.6) is 5.75 Å². The van der Waals surface area contributed by atoms with Crippen molar-refractivity contribution in [1.29, 1.82) is 0 Å². The first-order chi connectivity index (χ1) is 20.2. The standard InChI is InChI=1S/C36H42N2O5/c1-21(2)17-30-28(19-37-35(41)43-36(6,7)8)33(25-15-13-22(3)14-16-25)29(24(5)38-30)20-42-31-18-26-11-9-10-12-27(26)23(4)32(31)34(39)40/h9-16,18,21H,17,19-20H2,1-8H3,(H,37,41)(H,39,40). The van der Waals surface area contributed by atoms with E-state index in [0.29, 0.717) is 17.2 Å². The number of nitrogens with one attached hydrogen (secondary N) is 1. The molecular weight excluding hydrogens is 540 g/mol. The molecule has 7 nitrogen and oxygen atoms in total. The Kier molecular flexibility index (Phi) is 9.43. The minimum Gasteiger partial charge on any atom is -0.488 e. The van der Waals surface area contributed by atoms with Crippen LogP contribution in [0.4, 0.5) is 4.79 Å². The fraction of sp³-hybridized carbons (Fsp3) is 0.361. The molecule has 0 saturated carbocycles. The Morgan fingerprint density at radius 2 is 1.65 bits per heavy atom. The van der Waals surface area contributed by atoms with Crippen molar-refractivity contribution in [3.8, 4) is 16.9 Å². The van der Waals surface area contributed by atoms with E-state index in [4.69, 9.17) is 14.5 Å². The second-order valence-corrected chi connectivity index (χ2v) is 12.5. The van der Waals surface area contributed by atoms with Crippen LogP contribution in [0.15, 0.2) is 54.6 Å². The Balaban J connectivity index is 1.86. The Bertz CT molecular complexity index is 1650. The molecule has 7 heteroatoms. The molecule has 0 aliphatic heterocycles. The molecule has 0 unspecified atom stereocenters. The Morgan fingerprint density at radius 3 is 2.28 bits per heavy atom. The van der Waals surface area contributed by atoms with Gasteiger partial charge in [0.2, 0.25) is 0 Å². The molecule has 1 heterocycles. The SMILES string of the molecule is Cc1ccc(-c2c(COc3cc4ccccc4c(C)c3C(=O)O)c(C)nc(CC(C)C)c2CNC(=O)OC(C)(C)C)cc1. The highest BCUT2D eigenvalue weighted by atomic mass is 16.6. The molecule has 3 aromatic carbocycles. The number of aromatic carboxylic acids is 1. The van der Waals surface area contributed by atoms with Crippen LogP contribution >= 0.6 is 0 Å². The van der Waals surface area contributed by atoms with Crippen LogP contribution < -0.4 is 10.1 Å². The molecule has 4 rings (SSSR count). The number of alkyl carbamates (subject to hydrolysis) is 1. The average Bonchev–Trinajstić information content (AvgIpc) is 2.90. The fourth-order valence-electron chi connectivity index (χ4n) is 5.34. The van der Waals surface area contributed by atoms with Gasteiger partial charge in [-0.2, -0.15) is 0 Å². The number of rotatable bonds is 9. The van der Waals surface area contributed by atoms with Crippen LogP contribution in [0.1, 0.15) is 78.6 Å². The van der Waals surface area contributed by atoms with E-state index < -0.39 is 17.7 Å². The van der Waals surface area contributed by atoms with E-state index in [-0.39, 0.29) is 18.7 Å². The molecular formula is C36H42N2O5. The summed E-state index contributed by atoms with van der Waals surface area (Å²) in [6.45, 7) is 15.9. The lowest BCUT2D eigenvalue weighted by Gasteiger charge is -2.24. The molecule has 4 aromatic rings. The molecule has 0 spiro atoms. The van der Waals surface area contributed by atoms with Crippen LogP contribution in [-0.4, -0.2) is 27.8 Å². The minimum absolute atomic E-state index is 0.0987. The third-order valence-corrected chi connectivity index (χ3v) is 7.30. The summed E-state index contributed by atoms with van der Waals surface area (Å²) in [5.74, 6) is -0.405. The molecule has 0 aliphatic carbocycles. The highest BCUT2D eigenvalue weighted by Crippen LogP contribution is 2.36. The van der Waals surface area contributed by atoms with Gasteiger partial charge in [-0.25, -0.2) is 9.59 Å². The summed E-state index contributed by atoms with van der Waals surface area (Å²) in [6.07, 6.45) is 0.216. The van der Waals surface area contributed by atoms with E-state index in [2.05, 4.69) is 43.4 Å². The van der Waals surface area contributed by atoms with Gasteiger partial charge in [0.25, 0.3) is 0 Å². The van der Waals surface area contributed by atoms with Crippen molar-refractivity contribution in [2.45, 2.75) is 80.6 Å². The first-order valence-corrected chi connectivity index (χ1v) is 14.7. The predicted octanol–water partition coefficient (Wildman–Crippen LogP) is 8.33. The normalized spacial score (nSPS) is 11.6. The second kappa shape index (κ2) is 12.9. The number of aromatic nitrogens is 1. The molecule has 226 valence electrons. The number of hydrogen-bond donors (Lipinski definition) is 2. The molecule has 1 amide bonds. The third-order valence-electron chi connectivity index (χ3n) is 7.30. The van der Waals surface area contributed by atoms with E-state index in [9.17, 15) is 14.7 Å². The van der Waals surface area contributed by atoms with E-state index in [1.54, 1.807) is 6.07 Å². The van der Waals surface area contributed by atoms with Gasteiger partial charge < -0.3 is 19.9 Å². The number of carbonyl (C=O) groups is 2. The first kappa shape index (κ1) is 31.5. The van der Waals surface area contributed by atoms with Crippen LogP contribution in [-0.2, 0) is 24.3 Å². The van der Waals surface area contributed by atoms with Gasteiger partial charge in [-0.3, -0.25) is 4.98 Å². The zero-order valence-corrected chi connectivity index (χ0v) is 26.4. The molecule has 0 saturated heterocycles. The van der Waals surface area contributed by atoms with E-state index in [1.807, 2.05) is 65.8 Å². The molecule has 0 atom stereocenters. The quantitative estimate of drug-likeness (QED) is 0.206. The van der Waals surface area contributed by atoms with Gasteiger partial charge in [-0.05, 0) is 87.4 Å². The highest BCUT2D eigenvalue weighted by molar-refractivity contribution is 6.00. The Hall–Kier alpha value is -4.39. The summed E-state index contributed by atoms with van der Waals surface area (Å²) < 4.78 is 11.9. The van der Waals surface area contributed by atoms with Crippen molar-refractivity contribution in [1.82, 2.24) is 10.3 Å². The third kappa shape index (κ3) is 7.53. The van der Waals surface area contributed by atoms with Gasteiger partial charge in [0.1, 0.15) is 23.5 Å². The number of ether oxygens (including phenoxy) is 2. The Morgan fingerprint density at radius 1 is 0.977 bits per heavy atom. The molecule has 43 heavy (non-hydrogen) atoms. The molecule has 0 aliphatic rings. The van der Waals surface area contributed by atoms with E-state index in [0.717, 1.165) is 56.4 Å². The van der Waals surface area contributed by atoms with Crippen LogP contribution in [0.3, 0.4) is 0 Å². The number of carboxylic acids is 1. The molecule has 0 fully saturated rings. The summed E-state index contributed by atoms with van der Waals surface area (Å²) in [6, 6.07) is 17.7. The zero-order chi connectivity index (χ0) is 31.5. The largest absolute Gasteiger partial charge is 0.488 e. The summed E-state index contributed by atoms with van der Waals surface area (Å²) in [5.41, 5.74) is 6.60. The van der Waals surface area contributed by atoms with Crippen molar-refractivity contribution in [3.05, 3.63) is 93.8 Å². The van der Waals surface area contributed by atoms with Gasteiger partial charge >= 0.3 is 12.1 Å². The summed E-state index contributed by atoms with van der Waals surface area (Å²) in [5, 5.41) is 14.9. The van der Waals surface area contributed by atoms with E-state index in [1.165, 1.54) is 0 Å². The summed E-state index contributed by atoms with van der Waals surface area (Å²) in [7, 11) is 0. The maximum atomic E-state index is 12.7. The smallest absolute Gasteiger partial charge is 0.407 e. The average molecular weight is 583 g/mol. The van der Waals surface area contributed by atoms with Crippen LogP contribution in [0.25, 0.3) is 21.9 Å². The lowest BCUT2D eigenvalue weighted by atomic mass is 9.90. The zero-order valence-electron chi connectivity index (χ0n) is 26.4. The number of fused-ring (bicyclic) bond motifs is 1. The number of benzene rings is 3. The lowest BCUT2D eigenvalue weighted by Crippen LogP contribution is -2.32. The number of pyridine rings is 1. The monoisotopic (exact) mass is 582 g/mol. The van der Waals surface area contributed by atoms with Crippen molar-refractivity contribution in [2.75, 3.05) is 0 Å². The predicted molar refractivity (Wildman–Crippen MR) is 171 cm³/mol. The molecule has 0 bridgehead atoms. The molecule has 1 aromatic heterocycles. The topological polar surface area (TPSA) is 97.8 Å². The van der Waals surface area contributed by atoms with Gasteiger partial charge in [-0.1, -0.05) is 67.9 Å². The van der Waals surface area contributed by atoms with Crippen molar-refractivity contribution < 1.29 is 24.2 Å². The summed E-state index contributed by atoms with van der Waals surface area (Å²) in [4.78, 5) is 30.1. The maximum absolute atomic E-state index is 12.7. The number of carbonyl (C=O) groups excluding carboxylic acids is 1. The molecule has 2 N–H and O–H groups in total. The van der Waals surface area contributed by atoms with Gasteiger partial charge in [0, 0.05) is 29.1 Å². The number of nitrogens with zero attached hydrogens (tertiary/aromatic N) is 1. The van der Waals surface area contributed by atoms with Crippen molar-refractivity contribution in [3.63, 3.8) is 0 Å². The minimum atomic E-state index is -1.04. The number of amides is 1. The fourth-order valence-corrected chi connectivity index (χ4v) is 5.34. The first-order valence-electron chi connectivity index (χ1n) is 14.7. The lowest BCUT2D eigenvalue weighted by molar-refractivity contribution is 0.0522. The van der Waals surface area contributed by atoms with Crippen molar-refractivity contribution in [2.24, 2.45) is 5.92 Å². The number of aryl methyl sites for hydroxylation is 3. The van der Waals surface area contributed by atoms with Gasteiger partial charge in [-0.15, -0.1) is 0 Å². The molecule has 0 radical (unpaired) electrons. The van der Waals surface area contributed by atoms with E-state index >= 15 is 0 Å². The second-order valence-electron chi connectivity index (χ2n) is 12.5. The number of carboxylic acid groups (broad SMARTS) is 1. The maximum Gasteiger partial charge on any atom is 0.407 e. The summed E-state index contributed by atoms with van der Waals surface area (Å²) >= 11 is 0. The highest BCUT2D eigenvalue weighted by Gasteiger charge is 2.24. The van der Waals surface area contributed by atoms with Crippen LogP contribution in [0, 0.1) is 26.7 Å². The van der Waals surface area contributed by atoms with Crippen LogP contribution in [0.2, 0.25) is 0 Å². The van der Waals surface area contributed by atoms with Crippen molar-refractivity contribution >= 4 is 22.8 Å². The Labute approximate surface area is 254 Å². The van der Waals surface area contributed by atoms with Gasteiger partial charge in [0.15, 0.2) is 0 Å². The van der Waals surface area contributed by atoms with Gasteiger partial charge in [0.05, 0.1) is 0 Å².